The number of nitrogens with zero attached hydrogens (tertiary/aromatic N) is 1. The number of hydrogen-bond acceptors (Lipinski definition) is 7. The van der Waals surface area contributed by atoms with Gasteiger partial charge in [0.25, 0.3) is 11.8 Å². The van der Waals surface area contributed by atoms with Gasteiger partial charge in [0.05, 0.1) is 29.0 Å². The molecule has 0 bridgehead atoms. The van der Waals surface area contributed by atoms with E-state index >= 15 is 0 Å². The van der Waals surface area contributed by atoms with E-state index in [1.807, 2.05) is 13.8 Å². The van der Waals surface area contributed by atoms with Crippen molar-refractivity contribution in [2.24, 2.45) is 0 Å². The summed E-state index contributed by atoms with van der Waals surface area (Å²) in [5.41, 5.74) is 0.784. The van der Waals surface area contributed by atoms with Crippen LogP contribution in [-0.4, -0.2) is 35.0 Å². The van der Waals surface area contributed by atoms with Crippen LogP contribution in [0.15, 0.2) is 35.8 Å². The Morgan fingerprint density at radius 3 is 1.76 bits per heavy atom. The summed E-state index contributed by atoms with van der Waals surface area (Å²) in [6, 6.07) is 6.43. The van der Waals surface area contributed by atoms with Crippen molar-refractivity contribution in [3.05, 3.63) is 47.0 Å². The van der Waals surface area contributed by atoms with Crippen molar-refractivity contribution >= 4 is 19.6 Å². The number of amides is 2. The molecule has 1 aliphatic rings. The largest absolute Gasteiger partial charge is 0.531 e. The number of imide groups is 1. The number of rotatable bonds is 9. The maximum absolute atomic E-state index is 13.2. The second-order valence-corrected chi connectivity index (χ2v) is 9.05. The highest BCUT2D eigenvalue weighted by atomic mass is 31.2. The number of hydrogen-bond donors (Lipinski definition) is 1. The molecule has 9 heteroatoms. The van der Waals surface area contributed by atoms with Crippen LogP contribution in [0.5, 0.6) is 0 Å². The lowest BCUT2D eigenvalue weighted by molar-refractivity contribution is 0.0659. The van der Waals surface area contributed by atoms with E-state index in [1.165, 1.54) is 0 Å². The minimum atomic E-state index is -4.02. The van der Waals surface area contributed by atoms with Gasteiger partial charge in [-0.2, -0.15) is 0 Å². The van der Waals surface area contributed by atoms with Crippen molar-refractivity contribution in [3.8, 4) is 0 Å². The number of carbonyl (C=O) groups is 2. The fourth-order valence-corrected chi connectivity index (χ4v) is 4.33. The van der Waals surface area contributed by atoms with E-state index in [2.05, 4.69) is 5.32 Å². The van der Waals surface area contributed by atoms with Crippen molar-refractivity contribution in [2.45, 2.75) is 66.7 Å². The van der Waals surface area contributed by atoms with Gasteiger partial charge in [0.15, 0.2) is 0 Å². The Kier molecular flexibility index (Phi) is 7.27. The fourth-order valence-electron chi connectivity index (χ4n) is 2.75. The van der Waals surface area contributed by atoms with E-state index in [-0.39, 0.29) is 17.6 Å². The molecule has 0 fully saturated rings. The van der Waals surface area contributed by atoms with E-state index in [1.54, 1.807) is 58.9 Å². The van der Waals surface area contributed by atoms with Crippen LogP contribution < -0.4 is 5.32 Å². The van der Waals surface area contributed by atoms with Crippen LogP contribution in [0.1, 0.15) is 69.2 Å². The van der Waals surface area contributed by atoms with Crippen LogP contribution in [0.25, 0.3) is 0 Å². The van der Waals surface area contributed by atoms with Gasteiger partial charge in [0, 0.05) is 6.04 Å². The average Bonchev–Trinajstić information content (AvgIpc) is 2.83. The monoisotopic (exact) mass is 424 g/mol. The molecule has 1 N–H and O–H groups in total. The quantitative estimate of drug-likeness (QED) is 0.356. The minimum absolute atomic E-state index is 0.0147. The van der Waals surface area contributed by atoms with Gasteiger partial charge in [-0.1, -0.05) is 12.1 Å². The molecule has 0 radical (unpaired) electrons. The summed E-state index contributed by atoms with van der Waals surface area (Å²) in [6.45, 7) is 12.0. The number of nitrogens with one attached hydrogen (secondary N) is 1. The van der Waals surface area contributed by atoms with Gasteiger partial charge in [-0.15, -0.1) is 0 Å². The number of phosphoric acid groups is 1. The van der Waals surface area contributed by atoms with Crippen LogP contribution >= 0.6 is 7.82 Å². The highest BCUT2D eigenvalue weighted by Crippen LogP contribution is 2.53. The molecule has 2 amide bonds. The van der Waals surface area contributed by atoms with E-state index in [0.717, 1.165) is 4.90 Å². The Morgan fingerprint density at radius 1 is 0.931 bits per heavy atom. The lowest BCUT2D eigenvalue weighted by atomic mass is 10.1. The SMILES string of the molecule is C/C(=C(/NC(C)C)OP(=O)(OC(C)C)OC(C)C)N1C(=O)c2ccccc2C1=O. The first-order valence-electron chi connectivity index (χ1n) is 9.57. The van der Waals surface area contributed by atoms with Crippen molar-refractivity contribution in [1.82, 2.24) is 10.2 Å². The second-order valence-electron chi connectivity index (χ2n) is 7.55. The first-order valence-corrected chi connectivity index (χ1v) is 11.0. The molecule has 2 rings (SSSR count). The summed E-state index contributed by atoms with van der Waals surface area (Å²) in [7, 11) is -4.02. The third-order valence-corrected chi connectivity index (χ3v) is 5.53. The lowest BCUT2D eigenvalue weighted by Crippen LogP contribution is -2.34. The number of benzene rings is 1. The summed E-state index contributed by atoms with van der Waals surface area (Å²) in [4.78, 5) is 26.6. The van der Waals surface area contributed by atoms with Gasteiger partial charge in [0.1, 0.15) is 0 Å². The van der Waals surface area contributed by atoms with E-state index < -0.39 is 31.8 Å². The first-order chi connectivity index (χ1) is 13.4. The fraction of sp³-hybridized carbons (Fsp3) is 0.500. The summed E-state index contributed by atoms with van der Waals surface area (Å²) in [6.07, 6.45) is -0.862. The van der Waals surface area contributed by atoms with Crippen LogP contribution in [0, 0.1) is 0 Å². The molecule has 0 saturated heterocycles. The molecule has 0 unspecified atom stereocenters. The number of phosphoric ester groups is 1. The van der Waals surface area contributed by atoms with Crippen molar-refractivity contribution in [2.75, 3.05) is 0 Å². The highest BCUT2D eigenvalue weighted by Gasteiger charge is 2.40. The van der Waals surface area contributed by atoms with Gasteiger partial charge in [-0.25, -0.2) is 9.46 Å². The Bertz CT molecular complexity index is 813. The number of carbonyl (C=O) groups excluding carboxylic acids is 2. The summed E-state index contributed by atoms with van der Waals surface area (Å²) in [5, 5.41) is 3.01. The standard InChI is InChI=1S/C20H29N2O6P/c1-12(2)21-18(28-29(25,26-13(3)4)27-14(5)6)15(7)22-19(23)16-10-8-9-11-17(16)20(22)24/h8-14,21H,1-7H3/b18-15+. The summed E-state index contributed by atoms with van der Waals surface area (Å²) >= 11 is 0. The second kappa shape index (κ2) is 9.11. The maximum Gasteiger partial charge on any atom is 0.531 e. The van der Waals surface area contributed by atoms with E-state index in [4.69, 9.17) is 13.6 Å². The molecular weight excluding hydrogens is 395 g/mol. The molecule has 1 aromatic carbocycles. The van der Waals surface area contributed by atoms with Gasteiger partial charge in [-0.3, -0.25) is 18.6 Å². The topological polar surface area (TPSA) is 94.2 Å². The Morgan fingerprint density at radius 2 is 1.38 bits per heavy atom. The Hall–Kier alpha value is -2.15. The van der Waals surface area contributed by atoms with Crippen molar-refractivity contribution < 1.29 is 27.7 Å². The molecule has 29 heavy (non-hydrogen) atoms. The Labute approximate surface area is 171 Å². The third-order valence-electron chi connectivity index (χ3n) is 3.76. The van der Waals surface area contributed by atoms with Gasteiger partial charge >= 0.3 is 7.82 Å². The minimum Gasteiger partial charge on any atom is -0.386 e. The molecule has 0 aromatic heterocycles. The lowest BCUT2D eigenvalue weighted by Gasteiger charge is -2.27. The van der Waals surface area contributed by atoms with Crippen molar-refractivity contribution in [3.63, 3.8) is 0 Å². The molecule has 1 aliphatic heterocycles. The normalized spacial score (nSPS) is 15.3. The predicted octanol–water partition coefficient (Wildman–Crippen LogP) is 4.44. The molecule has 8 nitrogen and oxygen atoms in total. The molecular formula is C20H29N2O6P. The molecule has 0 spiro atoms. The van der Waals surface area contributed by atoms with Crippen molar-refractivity contribution in [1.29, 1.82) is 0 Å². The average molecular weight is 424 g/mol. The smallest absolute Gasteiger partial charge is 0.386 e. The van der Waals surface area contributed by atoms with Gasteiger partial charge in [0.2, 0.25) is 5.88 Å². The summed E-state index contributed by atoms with van der Waals surface area (Å²) in [5.74, 6) is -0.961. The zero-order valence-electron chi connectivity index (χ0n) is 17.9. The van der Waals surface area contributed by atoms with Crippen LogP contribution in [0.2, 0.25) is 0 Å². The highest BCUT2D eigenvalue weighted by molar-refractivity contribution is 7.48. The zero-order valence-corrected chi connectivity index (χ0v) is 18.8. The first kappa shape index (κ1) is 23.1. The molecule has 0 saturated carbocycles. The third kappa shape index (κ3) is 5.47. The molecule has 0 atom stereocenters. The van der Waals surface area contributed by atoms with Gasteiger partial charge < -0.3 is 9.84 Å². The van der Waals surface area contributed by atoms with E-state index in [9.17, 15) is 14.2 Å². The van der Waals surface area contributed by atoms with E-state index in [0.29, 0.717) is 11.1 Å². The molecule has 1 heterocycles. The maximum atomic E-state index is 13.2. The van der Waals surface area contributed by atoms with Crippen LogP contribution in [-0.2, 0) is 18.1 Å². The molecule has 0 aliphatic carbocycles. The molecule has 1 aromatic rings. The Balaban J connectivity index is 2.47. The number of fused-ring (bicyclic) bond motifs is 1. The van der Waals surface area contributed by atoms with Crippen LogP contribution in [0.4, 0.5) is 0 Å². The summed E-state index contributed by atoms with van der Waals surface area (Å²) < 4.78 is 29.7. The predicted molar refractivity (Wildman–Crippen MR) is 109 cm³/mol. The van der Waals surface area contributed by atoms with Gasteiger partial charge in [-0.05, 0) is 60.6 Å². The van der Waals surface area contributed by atoms with Crippen LogP contribution in [0.3, 0.4) is 0 Å². The number of allylic oxidation sites excluding steroid dienone is 1. The molecule has 160 valence electrons. The zero-order chi connectivity index (χ0) is 21.9.